The monoisotopic (exact) mass is 514 g/mol. The average molecular weight is 514 g/mol. The van der Waals surface area contributed by atoms with Gasteiger partial charge in [0, 0.05) is 43.6 Å². The van der Waals surface area contributed by atoms with Crippen LogP contribution in [0.15, 0.2) is 24.5 Å². The number of fused-ring (bicyclic) bond motifs is 1. The van der Waals surface area contributed by atoms with Crippen molar-refractivity contribution in [2.24, 2.45) is 0 Å². The van der Waals surface area contributed by atoms with Crippen molar-refractivity contribution < 1.29 is 20.1 Å². The predicted molar refractivity (Wildman–Crippen MR) is 100 cm³/mol. The fraction of sp³-hybridized carbons (Fsp3) is 0.545. The Morgan fingerprint density at radius 3 is 2.04 bits per heavy atom. The molecule has 0 amide bonds. The van der Waals surface area contributed by atoms with Crippen molar-refractivity contribution in [1.82, 2.24) is 9.97 Å². The van der Waals surface area contributed by atoms with Crippen LogP contribution >= 0.6 is 0 Å². The van der Waals surface area contributed by atoms with Gasteiger partial charge in [-0.1, -0.05) is 54.9 Å². The number of hydrogen-bond acceptors (Lipinski definition) is 2. The first-order chi connectivity index (χ1) is 11.0. The minimum atomic E-state index is 0. The molecule has 137 valence electrons. The van der Waals surface area contributed by atoms with Crippen LogP contribution in [0.25, 0.3) is 11.3 Å². The summed E-state index contributed by atoms with van der Waals surface area (Å²) in [5, 5.41) is 0. The molecule has 1 aromatic heterocycles. The zero-order valence-corrected chi connectivity index (χ0v) is 18.8. The van der Waals surface area contributed by atoms with Gasteiger partial charge in [-0.05, 0) is 17.3 Å². The summed E-state index contributed by atoms with van der Waals surface area (Å²) >= 11 is 0. The Balaban J connectivity index is 0.00000225. The average Bonchev–Trinajstić information content (AvgIpc) is 2.51. The van der Waals surface area contributed by atoms with Crippen molar-refractivity contribution >= 4 is 0 Å². The molecule has 1 radical (unpaired) electrons. The largest absolute Gasteiger partial charge is 0.301 e. The Morgan fingerprint density at radius 1 is 0.920 bits per heavy atom. The van der Waals surface area contributed by atoms with Crippen molar-refractivity contribution in [3.05, 3.63) is 47.4 Å². The standard InChI is InChI=1S/C22H29N2.Ir/c1-20(2,3)19-14-23-18(13-24-19)15-8-9-16-17(12-15)22(6,7)11-10-21(16,4)5;/h9,12-14H,10-11H2,1-7H3;/q-1;. The first-order valence-corrected chi connectivity index (χ1v) is 8.90. The normalized spacial score (nSPS) is 18.2. The number of hydrogen-bond donors (Lipinski definition) is 0. The van der Waals surface area contributed by atoms with Gasteiger partial charge in [0.15, 0.2) is 0 Å². The van der Waals surface area contributed by atoms with Crippen LogP contribution < -0.4 is 0 Å². The fourth-order valence-electron chi connectivity index (χ4n) is 3.51. The fourth-order valence-corrected chi connectivity index (χ4v) is 3.51. The number of rotatable bonds is 1. The molecule has 0 aliphatic heterocycles. The van der Waals surface area contributed by atoms with E-state index < -0.39 is 0 Å². The van der Waals surface area contributed by atoms with E-state index in [1.54, 1.807) is 0 Å². The molecule has 2 aromatic rings. The summed E-state index contributed by atoms with van der Waals surface area (Å²) in [6, 6.07) is 7.94. The van der Waals surface area contributed by atoms with Crippen LogP contribution in [0.4, 0.5) is 0 Å². The van der Waals surface area contributed by atoms with Gasteiger partial charge in [0.2, 0.25) is 0 Å². The molecule has 3 rings (SSSR count). The molecule has 2 nitrogen and oxygen atoms in total. The Bertz CT molecular complexity index is 753. The molecule has 0 atom stereocenters. The first kappa shape index (κ1) is 20.3. The Kier molecular flexibility index (Phi) is 5.34. The molecule has 0 saturated carbocycles. The maximum atomic E-state index is 4.65. The van der Waals surface area contributed by atoms with Gasteiger partial charge in [-0.25, -0.2) is 0 Å². The van der Waals surface area contributed by atoms with E-state index in [-0.39, 0.29) is 36.4 Å². The minimum Gasteiger partial charge on any atom is -0.301 e. The van der Waals surface area contributed by atoms with Gasteiger partial charge in [-0.3, -0.25) is 4.98 Å². The smallest absolute Gasteiger partial charge is 0.0620 e. The molecule has 25 heavy (non-hydrogen) atoms. The van der Waals surface area contributed by atoms with Gasteiger partial charge in [0.05, 0.1) is 5.69 Å². The molecule has 0 fully saturated rings. The van der Waals surface area contributed by atoms with E-state index in [1.807, 2.05) is 12.4 Å². The van der Waals surface area contributed by atoms with Gasteiger partial charge >= 0.3 is 0 Å². The van der Waals surface area contributed by atoms with Crippen LogP contribution in [0.5, 0.6) is 0 Å². The third-order valence-corrected chi connectivity index (χ3v) is 5.48. The summed E-state index contributed by atoms with van der Waals surface area (Å²) in [5.41, 5.74) is 6.30. The third kappa shape index (κ3) is 3.88. The molecule has 1 heterocycles. The number of benzene rings is 1. The molecule has 0 unspecified atom stereocenters. The van der Waals surface area contributed by atoms with E-state index in [1.165, 1.54) is 24.0 Å². The van der Waals surface area contributed by atoms with Crippen molar-refractivity contribution in [3.63, 3.8) is 0 Å². The van der Waals surface area contributed by atoms with E-state index in [0.717, 1.165) is 17.0 Å². The molecule has 0 N–H and O–H groups in total. The van der Waals surface area contributed by atoms with Crippen LogP contribution in [0.1, 0.15) is 78.1 Å². The maximum Gasteiger partial charge on any atom is 0.0620 e. The van der Waals surface area contributed by atoms with Gasteiger partial charge in [0.25, 0.3) is 0 Å². The van der Waals surface area contributed by atoms with Crippen molar-refractivity contribution in [2.45, 2.75) is 77.6 Å². The van der Waals surface area contributed by atoms with Crippen LogP contribution in [-0.2, 0) is 36.4 Å². The number of nitrogens with zero attached hydrogens (tertiary/aromatic N) is 2. The summed E-state index contributed by atoms with van der Waals surface area (Å²) in [5.74, 6) is 0. The van der Waals surface area contributed by atoms with Gasteiger partial charge in [-0.15, -0.1) is 34.9 Å². The second-order valence-corrected chi connectivity index (χ2v) is 9.48. The van der Waals surface area contributed by atoms with E-state index >= 15 is 0 Å². The summed E-state index contributed by atoms with van der Waals surface area (Å²) < 4.78 is 0. The summed E-state index contributed by atoms with van der Waals surface area (Å²) in [7, 11) is 0. The predicted octanol–water partition coefficient (Wildman–Crippen LogP) is 5.59. The number of aromatic nitrogens is 2. The van der Waals surface area contributed by atoms with Crippen LogP contribution in [0.2, 0.25) is 0 Å². The minimum absolute atomic E-state index is 0. The summed E-state index contributed by atoms with van der Waals surface area (Å²) in [6.07, 6.45) is 6.23. The van der Waals surface area contributed by atoms with Crippen LogP contribution in [-0.4, -0.2) is 9.97 Å². The molecular weight excluding hydrogens is 484 g/mol. The van der Waals surface area contributed by atoms with Crippen LogP contribution in [0.3, 0.4) is 0 Å². The SMILES string of the molecule is CC(C)(C)c1cnc(-c2[c-]cc3c(c2)C(C)(C)CCC3(C)C)cn1.[Ir]. The zero-order valence-electron chi connectivity index (χ0n) is 16.5. The zero-order chi connectivity index (χ0) is 17.8. The van der Waals surface area contributed by atoms with Gasteiger partial charge in [0.1, 0.15) is 0 Å². The van der Waals surface area contributed by atoms with E-state index in [2.05, 4.69) is 76.6 Å². The Hall–Kier alpha value is -1.05. The molecule has 3 heteroatoms. The summed E-state index contributed by atoms with van der Waals surface area (Å²) in [4.78, 5) is 9.28. The third-order valence-electron chi connectivity index (χ3n) is 5.48. The molecule has 0 saturated heterocycles. The second-order valence-electron chi connectivity index (χ2n) is 9.48. The first-order valence-electron chi connectivity index (χ1n) is 8.90. The molecule has 0 spiro atoms. The molecule has 1 aliphatic carbocycles. The van der Waals surface area contributed by atoms with Crippen molar-refractivity contribution in [2.75, 3.05) is 0 Å². The maximum absolute atomic E-state index is 4.65. The van der Waals surface area contributed by atoms with Crippen molar-refractivity contribution in [1.29, 1.82) is 0 Å². The molecule has 0 bridgehead atoms. The van der Waals surface area contributed by atoms with Gasteiger partial charge in [-0.2, -0.15) is 0 Å². The van der Waals surface area contributed by atoms with E-state index in [0.29, 0.717) is 0 Å². The Morgan fingerprint density at radius 2 is 1.52 bits per heavy atom. The molecule has 1 aliphatic rings. The van der Waals surface area contributed by atoms with E-state index in [4.69, 9.17) is 0 Å². The quantitative estimate of drug-likeness (QED) is 0.465. The Labute approximate surface area is 166 Å². The second kappa shape index (κ2) is 6.59. The van der Waals surface area contributed by atoms with Crippen molar-refractivity contribution in [3.8, 4) is 11.3 Å². The molecule has 1 aromatic carbocycles. The van der Waals surface area contributed by atoms with Gasteiger partial charge < -0.3 is 4.98 Å². The van der Waals surface area contributed by atoms with Crippen LogP contribution in [0, 0.1) is 6.07 Å². The summed E-state index contributed by atoms with van der Waals surface area (Å²) in [6.45, 7) is 15.8. The topological polar surface area (TPSA) is 25.8 Å². The van der Waals surface area contributed by atoms with E-state index in [9.17, 15) is 0 Å². The molecular formula is C22H29IrN2-.